The minimum Gasteiger partial charge on any atom is -0.409 e. The predicted molar refractivity (Wildman–Crippen MR) is 45.5 cm³/mol. The summed E-state index contributed by atoms with van der Waals surface area (Å²) in [6, 6.07) is 7.04. The maximum absolute atomic E-state index is 5.65. The van der Waals surface area contributed by atoms with Crippen LogP contribution in [0.2, 0.25) is 5.02 Å². The highest BCUT2D eigenvalue weighted by molar-refractivity contribution is 8.17. The van der Waals surface area contributed by atoms with Crippen molar-refractivity contribution in [2.75, 3.05) is 0 Å². The third-order valence-corrected chi connectivity index (χ3v) is 1.60. The lowest BCUT2D eigenvalue weighted by Gasteiger charge is -1.97. The van der Waals surface area contributed by atoms with E-state index in [2.05, 4.69) is 0 Å². The zero-order chi connectivity index (χ0) is 7.40. The molecule has 0 amide bonds. The van der Waals surface area contributed by atoms with Gasteiger partial charge < -0.3 is 4.18 Å². The van der Waals surface area contributed by atoms with E-state index >= 15 is 0 Å². The molecule has 0 aliphatic rings. The Hall–Kier alpha value is -0.0500. The Balaban J connectivity index is 2.75. The van der Waals surface area contributed by atoms with Crippen molar-refractivity contribution in [3.63, 3.8) is 0 Å². The summed E-state index contributed by atoms with van der Waals surface area (Å²) in [4.78, 5) is 0. The SMILES string of the molecule is ClSOc1cccc(Cl)c1. The maximum atomic E-state index is 5.65. The molecule has 0 spiro atoms. The third-order valence-electron chi connectivity index (χ3n) is 0.924. The molecule has 0 fully saturated rings. The van der Waals surface area contributed by atoms with Gasteiger partial charge in [-0.2, -0.15) is 0 Å². The van der Waals surface area contributed by atoms with Crippen molar-refractivity contribution in [2.45, 2.75) is 0 Å². The highest BCUT2D eigenvalue weighted by Crippen LogP contribution is 2.21. The fourth-order valence-electron chi connectivity index (χ4n) is 0.555. The summed E-state index contributed by atoms with van der Waals surface area (Å²) in [7, 11) is 5.24. The average Bonchev–Trinajstić information content (AvgIpc) is 1.88. The third kappa shape index (κ3) is 2.29. The van der Waals surface area contributed by atoms with E-state index in [-0.39, 0.29) is 0 Å². The number of hydrogen-bond donors (Lipinski definition) is 0. The van der Waals surface area contributed by atoms with Gasteiger partial charge in [0.1, 0.15) is 5.75 Å². The lowest BCUT2D eigenvalue weighted by Crippen LogP contribution is -1.74. The van der Waals surface area contributed by atoms with Crippen LogP contribution in [0.4, 0.5) is 0 Å². The molecule has 10 heavy (non-hydrogen) atoms. The van der Waals surface area contributed by atoms with Crippen LogP contribution in [0.25, 0.3) is 0 Å². The summed E-state index contributed by atoms with van der Waals surface area (Å²) in [6.07, 6.45) is 0. The number of hydrogen-bond acceptors (Lipinski definition) is 2. The second kappa shape index (κ2) is 3.96. The molecule has 1 aromatic rings. The molecule has 0 radical (unpaired) electrons. The normalized spacial score (nSPS) is 9.40. The second-order valence-electron chi connectivity index (χ2n) is 1.60. The van der Waals surface area contributed by atoms with E-state index in [9.17, 15) is 0 Å². The lowest BCUT2D eigenvalue weighted by molar-refractivity contribution is 0.656. The van der Waals surface area contributed by atoms with Gasteiger partial charge in [-0.05, 0) is 12.1 Å². The van der Waals surface area contributed by atoms with Crippen LogP contribution in [0, 0.1) is 0 Å². The first-order chi connectivity index (χ1) is 4.83. The van der Waals surface area contributed by atoms with Gasteiger partial charge in [0.05, 0.1) is 0 Å². The maximum Gasteiger partial charge on any atom is 0.166 e. The van der Waals surface area contributed by atoms with Crippen LogP contribution in [0.15, 0.2) is 24.3 Å². The molecule has 0 aliphatic heterocycles. The van der Waals surface area contributed by atoms with Crippen LogP contribution >= 0.6 is 33.5 Å². The lowest BCUT2D eigenvalue weighted by atomic mass is 10.3. The fourth-order valence-corrected chi connectivity index (χ4v) is 1.13. The Labute approximate surface area is 73.0 Å². The van der Waals surface area contributed by atoms with Gasteiger partial charge in [-0.25, -0.2) is 0 Å². The predicted octanol–water partition coefficient (Wildman–Crippen LogP) is 3.52. The zero-order valence-electron chi connectivity index (χ0n) is 4.88. The molecular formula is C6H4Cl2OS. The molecule has 0 heterocycles. The molecule has 1 aromatic carbocycles. The first-order valence-corrected chi connectivity index (χ1v) is 4.48. The van der Waals surface area contributed by atoms with Crippen molar-refractivity contribution in [2.24, 2.45) is 0 Å². The van der Waals surface area contributed by atoms with Gasteiger partial charge in [-0.3, -0.25) is 0 Å². The highest BCUT2D eigenvalue weighted by atomic mass is 35.7. The van der Waals surface area contributed by atoms with E-state index in [4.69, 9.17) is 26.5 Å². The smallest absolute Gasteiger partial charge is 0.166 e. The Morgan fingerprint density at radius 2 is 2.20 bits per heavy atom. The largest absolute Gasteiger partial charge is 0.409 e. The second-order valence-corrected chi connectivity index (χ2v) is 2.71. The van der Waals surface area contributed by atoms with Gasteiger partial charge in [-0.1, -0.05) is 17.7 Å². The van der Waals surface area contributed by atoms with E-state index in [1.807, 2.05) is 0 Å². The summed E-state index contributed by atoms with van der Waals surface area (Å²) in [5.74, 6) is 0.660. The molecule has 54 valence electrons. The molecule has 1 rings (SSSR count). The molecule has 0 atom stereocenters. The van der Waals surface area contributed by atoms with Gasteiger partial charge >= 0.3 is 0 Å². The van der Waals surface area contributed by atoms with Crippen LogP contribution in [-0.4, -0.2) is 0 Å². The number of halogens is 2. The van der Waals surface area contributed by atoms with E-state index in [0.29, 0.717) is 10.8 Å². The van der Waals surface area contributed by atoms with Crippen molar-refractivity contribution >= 4 is 33.5 Å². The van der Waals surface area contributed by atoms with Crippen molar-refractivity contribution in [3.8, 4) is 5.75 Å². The Morgan fingerprint density at radius 3 is 2.80 bits per heavy atom. The van der Waals surface area contributed by atoms with Gasteiger partial charge in [0.25, 0.3) is 0 Å². The van der Waals surface area contributed by atoms with Crippen molar-refractivity contribution in [3.05, 3.63) is 29.3 Å². The van der Waals surface area contributed by atoms with Crippen LogP contribution in [-0.2, 0) is 0 Å². The Kier molecular flexibility index (Phi) is 3.19. The van der Waals surface area contributed by atoms with Gasteiger partial charge in [0.15, 0.2) is 11.3 Å². The molecule has 0 saturated heterocycles. The molecule has 0 N–H and O–H groups in total. The summed E-state index contributed by atoms with van der Waals surface area (Å²) >= 11 is 6.43. The molecule has 1 nitrogen and oxygen atoms in total. The van der Waals surface area contributed by atoms with Crippen LogP contribution in [0.5, 0.6) is 5.75 Å². The van der Waals surface area contributed by atoms with E-state index in [1.54, 1.807) is 24.3 Å². The monoisotopic (exact) mass is 194 g/mol. The van der Waals surface area contributed by atoms with E-state index in [1.165, 1.54) is 0 Å². The topological polar surface area (TPSA) is 9.23 Å². The zero-order valence-corrected chi connectivity index (χ0v) is 7.21. The van der Waals surface area contributed by atoms with Gasteiger partial charge in [0, 0.05) is 21.8 Å². The minimum atomic E-state index is 0.642. The molecule has 0 saturated carbocycles. The van der Waals surface area contributed by atoms with Crippen molar-refractivity contribution < 1.29 is 4.18 Å². The van der Waals surface area contributed by atoms with Crippen molar-refractivity contribution in [1.82, 2.24) is 0 Å². The standard InChI is InChI=1S/C6H4Cl2OS/c7-5-2-1-3-6(4-5)9-10-8/h1-4H. The Bertz CT molecular complexity index is 217. The highest BCUT2D eigenvalue weighted by Gasteiger charge is 1.92. The number of rotatable bonds is 2. The summed E-state index contributed by atoms with van der Waals surface area (Å²) in [5.41, 5.74) is 0. The Morgan fingerprint density at radius 1 is 1.40 bits per heavy atom. The molecule has 0 unspecified atom stereocenters. The van der Waals surface area contributed by atoms with Crippen LogP contribution < -0.4 is 4.18 Å². The van der Waals surface area contributed by atoms with E-state index in [0.717, 1.165) is 11.3 Å². The first kappa shape index (κ1) is 8.05. The van der Waals surface area contributed by atoms with Crippen molar-refractivity contribution in [1.29, 1.82) is 0 Å². The molecule has 0 aliphatic carbocycles. The van der Waals surface area contributed by atoms with Gasteiger partial charge in [0.2, 0.25) is 0 Å². The summed E-state index contributed by atoms with van der Waals surface area (Å²) < 4.78 is 4.88. The quantitative estimate of drug-likeness (QED) is 0.667. The average molecular weight is 195 g/mol. The fraction of sp³-hybridized carbons (Fsp3) is 0. The molecular weight excluding hydrogens is 191 g/mol. The van der Waals surface area contributed by atoms with Gasteiger partial charge in [-0.15, -0.1) is 0 Å². The molecule has 4 heteroatoms. The molecule has 0 aromatic heterocycles. The summed E-state index contributed by atoms with van der Waals surface area (Å²) in [5, 5.41) is 0.642. The van der Waals surface area contributed by atoms with Crippen LogP contribution in [0.1, 0.15) is 0 Å². The summed E-state index contributed by atoms with van der Waals surface area (Å²) in [6.45, 7) is 0. The van der Waals surface area contributed by atoms with E-state index < -0.39 is 0 Å². The molecule has 0 bridgehead atoms. The number of benzene rings is 1. The minimum absolute atomic E-state index is 0.642. The van der Waals surface area contributed by atoms with Crippen LogP contribution in [0.3, 0.4) is 0 Å². The first-order valence-electron chi connectivity index (χ1n) is 2.54.